The van der Waals surface area contributed by atoms with Crippen molar-refractivity contribution in [2.45, 2.75) is 17.9 Å². The van der Waals surface area contributed by atoms with Gasteiger partial charge in [0.05, 0.1) is 12.6 Å². The fourth-order valence-electron chi connectivity index (χ4n) is 3.52. The van der Waals surface area contributed by atoms with E-state index >= 15 is 0 Å². The van der Waals surface area contributed by atoms with Gasteiger partial charge in [0.2, 0.25) is 0 Å². The van der Waals surface area contributed by atoms with Crippen LogP contribution in [0.3, 0.4) is 0 Å². The zero-order valence-electron chi connectivity index (χ0n) is 16.0. The van der Waals surface area contributed by atoms with Crippen LogP contribution >= 0.6 is 12.6 Å². The van der Waals surface area contributed by atoms with Crippen molar-refractivity contribution in [3.8, 4) is 5.75 Å². The Morgan fingerprint density at radius 1 is 1.19 bits per heavy atom. The third-order valence-electron chi connectivity index (χ3n) is 4.79. The maximum atomic E-state index is 5.95. The van der Waals surface area contributed by atoms with Gasteiger partial charge < -0.3 is 21.1 Å². The molecule has 0 fully saturated rings. The maximum absolute atomic E-state index is 5.95. The first kappa shape index (κ1) is 19.5. The van der Waals surface area contributed by atoms with Crippen LogP contribution in [0.2, 0.25) is 0 Å². The van der Waals surface area contributed by atoms with Crippen molar-refractivity contribution in [2.75, 3.05) is 27.2 Å². The number of likely N-dealkylation sites (N-methyl/N-ethyl adjacent to an activating group) is 1. The monoisotopic (exact) mass is 381 g/mol. The fraction of sp³-hybridized carbons (Fsp3) is 0.273. The number of hydrogen-bond donors (Lipinski definition) is 4. The number of nitrogens with one attached hydrogen (secondary N) is 2. The van der Waals surface area contributed by atoms with Crippen molar-refractivity contribution in [2.24, 2.45) is 5.73 Å². The van der Waals surface area contributed by atoms with E-state index in [1.54, 1.807) is 0 Å². The van der Waals surface area contributed by atoms with Crippen LogP contribution in [0, 0.1) is 0 Å². The number of rotatable bonds is 7. The van der Waals surface area contributed by atoms with Crippen LogP contribution in [0.1, 0.15) is 35.2 Å². The Labute approximate surface area is 166 Å². The molecule has 0 spiro atoms. The summed E-state index contributed by atoms with van der Waals surface area (Å²) in [6.45, 7) is 3.10. The highest BCUT2D eigenvalue weighted by Gasteiger charge is 2.25. The number of hydrogen-bond acceptors (Lipinski definition) is 5. The second-order valence-electron chi connectivity index (χ2n) is 6.42. The summed E-state index contributed by atoms with van der Waals surface area (Å²) in [7, 11) is 3.87. The molecule has 0 bridgehead atoms. The molecule has 4 nitrogen and oxygen atoms in total. The van der Waals surface area contributed by atoms with Gasteiger partial charge >= 0.3 is 0 Å². The molecule has 142 valence electrons. The summed E-state index contributed by atoms with van der Waals surface area (Å²) < 4.78 is 5.89. The molecule has 0 radical (unpaired) electrons. The van der Waals surface area contributed by atoms with E-state index in [2.05, 4.69) is 53.6 Å². The average molecular weight is 382 g/mol. The summed E-state index contributed by atoms with van der Waals surface area (Å²) >= 11 is 4.54. The molecule has 0 aromatic heterocycles. The van der Waals surface area contributed by atoms with Gasteiger partial charge in [0, 0.05) is 30.3 Å². The number of fused-ring (bicyclic) bond motifs is 1. The highest BCUT2D eigenvalue weighted by atomic mass is 32.1. The zero-order valence-corrected chi connectivity index (χ0v) is 16.9. The summed E-state index contributed by atoms with van der Waals surface area (Å²) in [6, 6.07) is 12.7. The molecular weight excluding hydrogens is 354 g/mol. The number of ether oxygens (including phenoxy) is 1. The average Bonchev–Trinajstić information content (AvgIpc) is 3.05. The third-order valence-corrected chi connectivity index (χ3v) is 5.06. The highest BCUT2D eigenvalue weighted by molar-refractivity contribution is 7.80. The second kappa shape index (κ2) is 8.65. The standard InChI is InChI=1S/C22H27N3OS/c1-4-26-22-8-6-16(27)10-20(22)19-11-21(25-3)17-7-5-14(9-18(17)19)15(12-23)13-24-2/h5-11,13,21,24-25,27H,4,12,23H2,1-3H3/b15-13+. The van der Waals surface area contributed by atoms with Crippen molar-refractivity contribution in [1.29, 1.82) is 0 Å². The molecule has 2 aromatic rings. The van der Waals surface area contributed by atoms with E-state index in [0.29, 0.717) is 13.2 Å². The van der Waals surface area contributed by atoms with Gasteiger partial charge in [0.25, 0.3) is 0 Å². The number of benzene rings is 2. The van der Waals surface area contributed by atoms with Crippen molar-refractivity contribution < 1.29 is 4.74 Å². The first-order chi connectivity index (χ1) is 13.1. The molecule has 2 aromatic carbocycles. The minimum atomic E-state index is 0.164. The molecule has 1 atom stereocenters. The van der Waals surface area contributed by atoms with Gasteiger partial charge in [-0.15, -0.1) is 12.6 Å². The van der Waals surface area contributed by atoms with Crippen molar-refractivity contribution in [3.63, 3.8) is 0 Å². The normalized spacial score (nSPS) is 16.1. The van der Waals surface area contributed by atoms with Gasteiger partial charge in [-0.2, -0.15) is 0 Å². The molecule has 0 aliphatic heterocycles. The lowest BCUT2D eigenvalue weighted by Crippen LogP contribution is -2.12. The Morgan fingerprint density at radius 3 is 2.67 bits per heavy atom. The van der Waals surface area contributed by atoms with Gasteiger partial charge in [-0.05, 0) is 66.1 Å². The predicted molar refractivity (Wildman–Crippen MR) is 116 cm³/mol. The van der Waals surface area contributed by atoms with E-state index in [0.717, 1.165) is 32.9 Å². The highest BCUT2D eigenvalue weighted by Crippen LogP contribution is 2.42. The maximum Gasteiger partial charge on any atom is 0.127 e. The zero-order chi connectivity index (χ0) is 19.4. The molecule has 1 aliphatic rings. The van der Waals surface area contributed by atoms with Crippen molar-refractivity contribution >= 4 is 23.8 Å². The Bertz CT molecular complexity index is 889. The lowest BCUT2D eigenvalue weighted by molar-refractivity contribution is 0.339. The predicted octanol–water partition coefficient (Wildman–Crippen LogP) is 3.60. The molecule has 4 N–H and O–H groups in total. The Morgan fingerprint density at radius 2 is 2.00 bits per heavy atom. The molecule has 1 unspecified atom stereocenters. The van der Waals surface area contributed by atoms with Crippen molar-refractivity contribution in [1.82, 2.24) is 10.6 Å². The fourth-order valence-corrected chi connectivity index (χ4v) is 3.73. The second-order valence-corrected chi connectivity index (χ2v) is 6.94. The lowest BCUT2D eigenvalue weighted by Gasteiger charge is -2.15. The molecule has 27 heavy (non-hydrogen) atoms. The quantitative estimate of drug-likeness (QED) is 0.554. The van der Waals surface area contributed by atoms with Crippen LogP contribution in [-0.4, -0.2) is 27.2 Å². The minimum Gasteiger partial charge on any atom is -0.493 e. The van der Waals surface area contributed by atoms with Crippen LogP contribution < -0.4 is 21.1 Å². The third kappa shape index (κ3) is 3.90. The van der Waals surface area contributed by atoms with E-state index in [9.17, 15) is 0 Å². The lowest BCUT2D eigenvalue weighted by atomic mass is 9.94. The van der Waals surface area contributed by atoms with Gasteiger partial charge in [-0.25, -0.2) is 0 Å². The molecule has 5 heteroatoms. The minimum absolute atomic E-state index is 0.164. The van der Waals surface area contributed by atoms with Gasteiger partial charge in [0.1, 0.15) is 5.75 Å². The molecule has 0 saturated carbocycles. The summed E-state index contributed by atoms with van der Waals surface area (Å²) in [6.07, 6.45) is 4.21. The largest absolute Gasteiger partial charge is 0.493 e. The van der Waals surface area contributed by atoms with Crippen LogP contribution in [0.5, 0.6) is 5.75 Å². The summed E-state index contributed by atoms with van der Waals surface area (Å²) in [5, 5.41) is 6.47. The van der Waals surface area contributed by atoms with E-state index < -0.39 is 0 Å². The van der Waals surface area contributed by atoms with E-state index in [1.807, 2.05) is 39.4 Å². The Hall–Kier alpha value is -2.21. The SMILES string of the molecule is CCOc1ccc(S)cc1C1=CC(NC)c2ccc(/C(=C/NC)CN)cc21. The number of thiol groups is 1. The van der Waals surface area contributed by atoms with E-state index in [1.165, 1.54) is 11.1 Å². The van der Waals surface area contributed by atoms with E-state index in [-0.39, 0.29) is 6.04 Å². The van der Waals surface area contributed by atoms with Crippen LogP contribution in [0.25, 0.3) is 11.1 Å². The van der Waals surface area contributed by atoms with Gasteiger partial charge in [-0.1, -0.05) is 18.2 Å². The summed E-state index contributed by atoms with van der Waals surface area (Å²) in [4.78, 5) is 0.915. The summed E-state index contributed by atoms with van der Waals surface area (Å²) in [5.41, 5.74) is 12.8. The Kier molecular flexibility index (Phi) is 6.26. The first-order valence-corrected chi connectivity index (χ1v) is 9.64. The van der Waals surface area contributed by atoms with Crippen LogP contribution in [-0.2, 0) is 0 Å². The molecule has 0 saturated heterocycles. The number of nitrogens with two attached hydrogens (primary N) is 1. The van der Waals surface area contributed by atoms with Crippen molar-refractivity contribution in [3.05, 3.63) is 70.9 Å². The molecular formula is C22H27N3OS. The molecule has 3 rings (SSSR count). The Balaban J connectivity index is 2.15. The van der Waals surface area contributed by atoms with Gasteiger partial charge in [0.15, 0.2) is 0 Å². The topological polar surface area (TPSA) is 59.3 Å². The van der Waals surface area contributed by atoms with Crippen LogP contribution in [0.15, 0.2) is 53.6 Å². The first-order valence-electron chi connectivity index (χ1n) is 9.19. The molecule has 0 heterocycles. The van der Waals surface area contributed by atoms with E-state index in [4.69, 9.17) is 10.5 Å². The molecule has 0 amide bonds. The summed E-state index contributed by atoms with van der Waals surface area (Å²) in [5.74, 6) is 0.875. The smallest absolute Gasteiger partial charge is 0.127 e. The van der Waals surface area contributed by atoms with Gasteiger partial charge in [-0.3, -0.25) is 0 Å². The van der Waals surface area contributed by atoms with Crippen LogP contribution in [0.4, 0.5) is 0 Å². The molecule has 1 aliphatic carbocycles.